The Morgan fingerprint density at radius 1 is 1.21 bits per heavy atom. The maximum Gasteiger partial charge on any atom is 0.0910 e. The van der Waals surface area contributed by atoms with E-state index in [1.54, 1.807) is 0 Å². The monoisotopic (exact) mass is 214 g/mol. The second kappa shape index (κ2) is 3.92. The van der Waals surface area contributed by atoms with E-state index in [1.807, 2.05) is 0 Å². The minimum absolute atomic E-state index is 0.0506. The molecule has 2 heteroatoms. The first-order chi connectivity index (χ1) is 8.38. The summed E-state index contributed by atoms with van der Waals surface area (Å²) in [6.07, 6.45) is 3.71. The molecule has 0 heterocycles. The van der Waals surface area contributed by atoms with Crippen LogP contribution < -0.4 is 0 Å². The van der Waals surface area contributed by atoms with Crippen LogP contribution >= 0.6 is 11.6 Å². The molecule has 0 bridgehead atoms. The molecular weight excluding hydrogens is 196 g/mol. The van der Waals surface area contributed by atoms with Gasteiger partial charge in [0.15, 0.2) is 0 Å². The fourth-order valence-electron chi connectivity index (χ4n) is 2.00. The Morgan fingerprint density at radius 3 is 2.57 bits per heavy atom. The van der Waals surface area contributed by atoms with Gasteiger partial charge in [0.05, 0.1) is 11.1 Å². The van der Waals surface area contributed by atoms with Crippen molar-refractivity contribution in [2.75, 3.05) is 0 Å². The molecule has 76 valence electrons. The highest BCUT2D eigenvalue weighted by molar-refractivity contribution is 6.31. The zero-order valence-corrected chi connectivity index (χ0v) is 8.62. The predicted octanol–water partition coefficient (Wildman–Crippen LogP) is 3.49. The molecule has 14 heavy (non-hydrogen) atoms. The average molecular weight is 215 g/mol. The van der Waals surface area contributed by atoms with E-state index < -0.39 is 5.60 Å². The van der Waals surface area contributed by atoms with Crippen molar-refractivity contribution in [1.29, 1.82) is 0 Å². The SMILES string of the molecule is [2H]c1c([2H])c([2H])c(C2(O)CCCCC2)c(Cl)c1[2H]. The molecule has 0 radical (unpaired) electrons. The molecule has 1 aromatic carbocycles. The Kier molecular flexibility index (Phi) is 1.72. The molecule has 2 rings (SSSR count). The highest BCUT2D eigenvalue weighted by Gasteiger charge is 2.32. The molecular formula is C12H15ClO. The Hall–Kier alpha value is -0.530. The Bertz CT molecular complexity index is 454. The van der Waals surface area contributed by atoms with E-state index in [-0.39, 0.29) is 34.8 Å². The summed E-state index contributed by atoms with van der Waals surface area (Å²) in [5, 5.41) is 10.6. The number of hydrogen-bond acceptors (Lipinski definition) is 1. The van der Waals surface area contributed by atoms with Gasteiger partial charge in [0.2, 0.25) is 0 Å². The van der Waals surface area contributed by atoms with E-state index in [0.29, 0.717) is 12.8 Å². The zero-order valence-electron chi connectivity index (χ0n) is 11.9. The van der Waals surface area contributed by atoms with Gasteiger partial charge in [0.25, 0.3) is 0 Å². The van der Waals surface area contributed by atoms with E-state index in [4.69, 9.17) is 17.1 Å². The maximum atomic E-state index is 10.6. The summed E-state index contributed by atoms with van der Waals surface area (Å²) in [7, 11) is 0. The molecule has 0 amide bonds. The van der Waals surface area contributed by atoms with E-state index >= 15 is 0 Å². The van der Waals surface area contributed by atoms with Crippen molar-refractivity contribution in [2.24, 2.45) is 0 Å². The lowest BCUT2D eigenvalue weighted by Crippen LogP contribution is -2.28. The van der Waals surface area contributed by atoms with E-state index in [2.05, 4.69) is 0 Å². The third-order valence-corrected chi connectivity index (χ3v) is 3.07. The first kappa shape index (κ1) is 6.14. The van der Waals surface area contributed by atoms with E-state index in [1.165, 1.54) is 0 Å². The van der Waals surface area contributed by atoms with Gasteiger partial charge < -0.3 is 5.11 Å². The predicted molar refractivity (Wildman–Crippen MR) is 58.4 cm³/mol. The van der Waals surface area contributed by atoms with Crippen molar-refractivity contribution in [3.05, 3.63) is 34.8 Å². The lowest BCUT2D eigenvalue weighted by Gasteiger charge is -2.33. The fraction of sp³-hybridized carbons (Fsp3) is 0.500. The van der Waals surface area contributed by atoms with Crippen LogP contribution in [0.2, 0.25) is 5.02 Å². The Morgan fingerprint density at radius 2 is 1.86 bits per heavy atom. The Labute approximate surface area is 95.3 Å². The van der Waals surface area contributed by atoms with Crippen LogP contribution in [-0.4, -0.2) is 5.11 Å². The molecule has 0 spiro atoms. The van der Waals surface area contributed by atoms with Crippen LogP contribution in [0.15, 0.2) is 24.2 Å². The first-order valence-electron chi connectivity index (χ1n) is 6.87. The molecule has 0 saturated heterocycles. The summed E-state index contributed by atoms with van der Waals surface area (Å²) >= 11 is 6.03. The summed E-state index contributed by atoms with van der Waals surface area (Å²) in [4.78, 5) is 0. The normalized spacial score (nSPS) is 24.7. The third-order valence-electron chi connectivity index (χ3n) is 2.79. The van der Waals surface area contributed by atoms with Gasteiger partial charge in [0.1, 0.15) is 0 Å². The highest BCUT2D eigenvalue weighted by atomic mass is 35.5. The van der Waals surface area contributed by atoms with Gasteiger partial charge in [-0.2, -0.15) is 0 Å². The highest BCUT2D eigenvalue weighted by Crippen LogP contribution is 2.39. The maximum absolute atomic E-state index is 10.6. The smallest absolute Gasteiger partial charge is 0.0910 e. The number of halogens is 1. The van der Waals surface area contributed by atoms with Gasteiger partial charge in [0, 0.05) is 10.6 Å². The topological polar surface area (TPSA) is 20.2 Å². The van der Waals surface area contributed by atoms with Crippen LogP contribution in [-0.2, 0) is 5.60 Å². The first-order valence-corrected chi connectivity index (χ1v) is 5.25. The van der Waals surface area contributed by atoms with Crippen molar-refractivity contribution < 1.29 is 10.6 Å². The second-order valence-electron chi connectivity index (χ2n) is 3.78. The summed E-state index contributed by atoms with van der Waals surface area (Å²) < 4.78 is 30.8. The van der Waals surface area contributed by atoms with Crippen molar-refractivity contribution >= 4 is 11.6 Å². The van der Waals surface area contributed by atoms with E-state index in [9.17, 15) is 5.11 Å². The van der Waals surface area contributed by atoms with Crippen LogP contribution in [0.1, 0.15) is 43.2 Å². The number of benzene rings is 1. The number of rotatable bonds is 1. The van der Waals surface area contributed by atoms with Crippen molar-refractivity contribution in [3.8, 4) is 0 Å². The van der Waals surface area contributed by atoms with Crippen molar-refractivity contribution in [3.63, 3.8) is 0 Å². The lowest BCUT2D eigenvalue weighted by atomic mass is 9.80. The largest absolute Gasteiger partial charge is 0.385 e. The van der Waals surface area contributed by atoms with Gasteiger partial charge in [-0.3, -0.25) is 0 Å². The average Bonchev–Trinajstić information content (AvgIpc) is 2.35. The molecule has 0 aliphatic heterocycles. The standard InChI is InChI=1S/C12H15ClO/c13-11-7-3-2-6-10(11)12(14)8-4-1-5-9-12/h2-3,6-7,14H,1,4-5,8-9H2/i2D,3D,6D,7D. The molecule has 1 saturated carbocycles. The van der Waals surface area contributed by atoms with Crippen molar-refractivity contribution in [1.82, 2.24) is 0 Å². The molecule has 1 aliphatic carbocycles. The molecule has 1 nitrogen and oxygen atoms in total. The van der Waals surface area contributed by atoms with Crippen LogP contribution in [0.4, 0.5) is 0 Å². The van der Waals surface area contributed by atoms with Crippen LogP contribution in [0.25, 0.3) is 0 Å². The van der Waals surface area contributed by atoms with Crippen LogP contribution in [0, 0.1) is 0 Å². The summed E-state index contributed by atoms with van der Waals surface area (Å²) in [5.41, 5.74) is -1.05. The Balaban J connectivity index is 2.63. The van der Waals surface area contributed by atoms with E-state index in [0.717, 1.165) is 19.3 Å². The van der Waals surface area contributed by atoms with Crippen molar-refractivity contribution in [2.45, 2.75) is 37.7 Å². The van der Waals surface area contributed by atoms with Gasteiger partial charge in [-0.05, 0) is 18.9 Å². The molecule has 0 aromatic heterocycles. The fourth-order valence-corrected chi connectivity index (χ4v) is 2.27. The second-order valence-corrected chi connectivity index (χ2v) is 4.16. The molecule has 1 aliphatic rings. The zero-order chi connectivity index (χ0) is 13.5. The quantitative estimate of drug-likeness (QED) is 0.759. The van der Waals surface area contributed by atoms with Gasteiger partial charge >= 0.3 is 0 Å². The third kappa shape index (κ3) is 1.79. The molecule has 0 unspecified atom stereocenters. The van der Waals surface area contributed by atoms with Crippen LogP contribution in [0.3, 0.4) is 0 Å². The minimum Gasteiger partial charge on any atom is -0.385 e. The molecule has 1 fully saturated rings. The number of aliphatic hydroxyl groups is 1. The van der Waals surface area contributed by atoms with Gasteiger partial charge in [-0.25, -0.2) is 0 Å². The molecule has 0 atom stereocenters. The summed E-state index contributed by atoms with van der Waals surface area (Å²) in [6, 6.07) is -1.18. The van der Waals surface area contributed by atoms with Gasteiger partial charge in [-0.1, -0.05) is 49.0 Å². The summed E-state index contributed by atoms with van der Waals surface area (Å²) in [6.45, 7) is 0. The molecule has 1 aromatic rings. The lowest BCUT2D eigenvalue weighted by molar-refractivity contribution is -0.000522. The molecule has 1 N–H and O–H groups in total. The minimum atomic E-state index is -1.22. The summed E-state index contributed by atoms with van der Waals surface area (Å²) in [5.74, 6) is 0. The number of hydrogen-bond donors (Lipinski definition) is 1. The van der Waals surface area contributed by atoms with Crippen LogP contribution in [0.5, 0.6) is 0 Å². The van der Waals surface area contributed by atoms with Gasteiger partial charge in [-0.15, -0.1) is 0 Å².